The maximum Gasteiger partial charge on any atom is 0.322 e. The van der Waals surface area contributed by atoms with Gasteiger partial charge in [0.2, 0.25) is 0 Å². The number of carbonyl (C=O) groups excluding carboxylic acids is 1. The molecule has 0 saturated heterocycles. The fourth-order valence-electron chi connectivity index (χ4n) is 3.92. The normalized spacial score (nSPS) is 11.9. The summed E-state index contributed by atoms with van der Waals surface area (Å²) in [6.07, 6.45) is 0. The number of nitrogens with zero attached hydrogens (tertiary/aromatic N) is 3. The first-order chi connectivity index (χ1) is 16.9. The molecule has 1 unspecified atom stereocenters. The number of amides is 2. The summed E-state index contributed by atoms with van der Waals surface area (Å²) in [7, 11) is 1.59. The van der Waals surface area contributed by atoms with E-state index in [4.69, 9.17) is 9.72 Å². The minimum absolute atomic E-state index is 0.181. The van der Waals surface area contributed by atoms with Crippen LogP contribution in [0.1, 0.15) is 24.4 Å². The third-order valence-corrected chi connectivity index (χ3v) is 6.54. The predicted octanol–water partition coefficient (Wildman–Crippen LogP) is 5.70. The van der Waals surface area contributed by atoms with E-state index >= 15 is 0 Å². The number of benzene rings is 3. The molecule has 0 saturated carbocycles. The van der Waals surface area contributed by atoms with Crippen molar-refractivity contribution in [1.82, 2.24) is 14.5 Å². The maximum absolute atomic E-state index is 13.7. The zero-order chi connectivity index (χ0) is 24.9. The number of aromatic nitrogens is 2. The Kier molecular flexibility index (Phi) is 7.63. The lowest BCUT2D eigenvalue weighted by atomic mass is 10.1. The molecule has 2 amide bonds. The number of ether oxygens (including phenoxy) is 1. The van der Waals surface area contributed by atoms with Gasteiger partial charge in [0.25, 0.3) is 5.56 Å². The van der Waals surface area contributed by atoms with Crippen molar-refractivity contribution in [2.24, 2.45) is 0 Å². The first-order valence-electron chi connectivity index (χ1n) is 11.3. The molecule has 0 aliphatic heterocycles. The van der Waals surface area contributed by atoms with Crippen LogP contribution in [0.4, 0.5) is 10.5 Å². The van der Waals surface area contributed by atoms with Gasteiger partial charge in [-0.15, -0.1) is 0 Å². The summed E-state index contributed by atoms with van der Waals surface area (Å²) >= 11 is 3.48. The lowest BCUT2D eigenvalue weighted by Crippen LogP contribution is -2.41. The van der Waals surface area contributed by atoms with E-state index in [-0.39, 0.29) is 11.6 Å². The van der Waals surface area contributed by atoms with Gasteiger partial charge in [0, 0.05) is 18.1 Å². The number of hydrogen-bond donors (Lipinski definition) is 1. The smallest absolute Gasteiger partial charge is 0.322 e. The summed E-state index contributed by atoms with van der Waals surface area (Å²) in [5.74, 6) is 0.468. The van der Waals surface area contributed by atoms with Crippen molar-refractivity contribution in [3.05, 3.63) is 99.0 Å². The second kappa shape index (κ2) is 10.8. The molecule has 0 aliphatic carbocycles. The van der Waals surface area contributed by atoms with Gasteiger partial charge >= 0.3 is 6.03 Å². The number of carbonyl (C=O) groups is 1. The van der Waals surface area contributed by atoms with Gasteiger partial charge in [-0.1, -0.05) is 42.0 Å². The summed E-state index contributed by atoms with van der Waals surface area (Å²) in [6.45, 7) is 4.50. The third-order valence-electron chi connectivity index (χ3n) is 5.85. The third kappa shape index (κ3) is 5.28. The predicted molar refractivity (Wildman–Crippen MR) is 142 cm³/mol. The van der Waals surface area contributed by atoms with E-state index in [1.54, 1.807) is 22.6 Å². The first kappa shape index (κ1) is 24.6. The highest BCUT2D eigenvalue weighted by atomic mass is 79.9. The topological polar surface area (TPSA) is 76.5 Å². The van der Waals surface area contributed by atoms with Gasteiger partial charge in [0.15, 0.2) is 0 Å². The van der Waals surface area contributed by atoms with Crippen LogP contribution < -0.4 is 10.9 Å². The molecule has 3 aromatic carbocycles. The molecule has 4 aromatic rings. The van der Waals surface area contributed by atoms with Gasteiger partial charge < -0.3 is 15.0 Å². The van der Waals surface area contributed by atoms with E-state index in [1.807, 2.05) is 80.6 Å². The van der Waals surface area contributed by atoms with Crippen LogP contribution in [0.3, 0.4) is 0 Å². The highest BCUT2D eigenvalue weighted by molar-refractivity contribution is 9.10. The molecule has 4 rings (SSSR count). The lowest BCUT2D eigenvalue weighted by molar-refractivity contribution is 0.137. The molecular formula is C27H27BrN4O3. The van der Waals surface area contributed by atoms with Crippen molar-refractivity contribution in [3.8, 4) is 5.69 Å². The van der Waals surface area contributed by atoms with Crippen LogP contribution in [0, 0.1) is 6.92 Å². The fourth-order valence-corrected chi connectivity index (χ4v) is 4.31. The van der Waals surface area contributed by atoms with Crippen molar-refractivity contribution in [3.63, 3.8) is 0 Å². The summed E-state index contributed by atoms with van der Waals surface area (Å²) in [5.41, 5.74) is 2.83. The summed E-state index contributed by atoms with van der Waals surface area (Å²) < 4.78 is 7.65. The lowest BCUT2D eigenvalue weighted by Gasteiger charge is -2.30. The zero-order valence-corrected chi connectivity index (χ0v) is 21.5. The van der Waals surface area contributed by atoms with Crippen molar-refractivity contribution < 1.29 is 9.53 Å². The van der Waals surface area contributed by atoms with Crippen molar-refractivity contribution in [1.29, 1.82) is 0 Å². The zero-order valence-electron chi connectivity index (χ0n) is 19.9. The van der Waals surface area contributed by atoms with E-state index in [1.165, 1.54) is 0 Å². The fraction of sp³-hybridized carbons (Fsp3) is 0.222. The van der Waals surface area contributed by atoms with E-state index in [9.17, 15) is 9.59 Å². The highest BCUT2D eigenvalue weighted by Crippen LogP contribution is 2.26. The van der Waals surface area contributed by atoms with Crippen LogP contribution in [0.5, 0.6) is 0 Å². The summed E-state index contributed by atoms with van der Waals surface area (Å²) in [4.78, 5) is 33.6. The average Bonchev–Trinajstić information content (AvgIpc) is 2.86. The number of fused-ring (bicyclic) bond motifs is 1. The number of nitrogens with one attached hydrogen (secondary N) is 1. The van der Waals surface area contributed by atoms with Crippen LogP contribution >= 0.6 is 15.9 Å². The van der Waals surface area contributed by atoms with Gasteiger partial charge in [-0.05, 0) is 66.2 Å². The Morgan fingerprint density at radius 3 is 2.49 bits per heavy atom. The molecule has 1 N–H and O–H groups in total. The number of hydrogen-bond acceptors (Lipinski definition) is 4. The number of para-hydroxylation sites is 2. The second-order valence-electron chi connectivity index (χ2n) is 8.24. The minimum atomic E-state index is -0.536. The first-order valence-corrected chi connectivity index (χ1v) is 12.1. The number of methoxy groups -OCH3 is 1. The Morgan fingerprint density at radius 2 is 1.77 bits per heavy atom. The molecule has 0 aliphatic rings. The number of halogens is 1. The highest BCUT2D eigenvalue weighted by Gasteiger charge is 2.27. The summed E-state index contributed by atoms with van der Waals surface area (Å²) in [6, 6.07) is 21.5. The quantitative estimate of drug-likeness (QED) is 0.330. The molecule has 1 atom stereocenters. The molecule has 0 spiro atoms. The minimum Gasteiger partial charge on any atom is -0.383 e. The maximum atomic E-state index is 13.7. The molecule has 0 bridgehead atoms. The van der Waals surface area contributed by atoms with Crippen LogP contribution in [-0.4, -0.2) is 40.7 Å². The van der Waals surface area contributed by atoms with Crippen molar-refractivity contribution >= 4 is 38.6 Å². The molecule has 8 heteroatoms. The molecule has 180 valence electrons. The van der Waals surface area contributed by atoms with Crippen LogP contribution in [0.2, 0.25) is 0 Å². The monoisotopic (exact) mass is 534 g/mol. The Labute approximate surface area is 212 Å². The Bertz CT molecular complexity index is 1400. The number of urea groups is 1. The Hall–Kier alpha value is -3.49. The van der Waals surface area contributed by atoms with E-state index in [2.05, 4.69) is 21.2 Å². The molecule has 7 nitrogen and oxygen atoms in total. The number of anilines is 1. The molecule has 0 fully saturated rings. The molecule has 0 radical (unpaired) electrons. The van der Waals surface area contributed by atoms with Gasteiger partial charge in [-0.3, -0.25) is 9.36 Å². The standard InChI is InChI=1S/C27H27BrN4O3/c1-18-12-14-20(15-13-18)32-25(29-23-10-6-4-8-21(23)26(32)33)19(2)31(16-17-35-3)27(34)30-24-11-7-5-9-22(24)28/h4-15,19H,16-17H2,1-3H3,(H,30,34). The van der Waals surface area contributed by atoms with Crippen LogP contribution in [0.25, 0.3) is 16.6 Å². The van der Waals surface area contributed by atoms with E-state index < -0.39 is 6.04 Å². The Balaban J connectivity index is 1.83. The second-order valence-corrected chi connectivity index (χ2v) is 9.09. The number of aryl methyl sites for hydroxylation is 1. The molecule has 1 aromatic heterocycles. The van der Waals surface area contributed by atoms with Crippen molar-refractivity contribution in [2.75, 3.05) is 25.6 Å². The largest absolute Gasteiger partial charge is 0.383 e. The van der Waals surface area contributed by atoms with Crippen molar-refractivity contribution in [2.45, 2.75) is 19.9 Å². The molecule has 1 heterocycles. The van der Waals surface area contributed by atoms with Gasteiger partial charge in [-0.2, -0.15) is 0 Å². The van der Waals surface area contributed by atoms with E-state index in [0.29, 0.717) is 41.3 Å². The van der Waals surface area contributed by atoms with Crippen LogP contribution in [-0.2, 0) is 4.74 Å². The van der Waals surface area contributed by atoms with Gasteiger partial charge in [0.05, 0.1) is 34.9 Å². The average molecular weight is 535 g/mol. The summed E-state index contributed by atoms with van der Waals surface area (Å²) in [5, 5.41) is 3.48. The Morgan fingerprint density at radius 1 is 1.09 bits per heavy atom. The SMILES string of the molecule is COCCN(C(=O)Nc1ccccc1Br)C(C)c1nc2ccccc2c(=O)n1-c1ccc(C)cc1. The number of rotatable bonds is 7. The molecule has 35 heavy (non-hydrogen) atoms. The van der Waals surface area contributed by atoms with Gasteiger partial charge in [0.1, 0.15) is 5.82 Å². The van der Waals surface area contributed by atoms with Gasteiger partial charge in [-0.25, -0.2) is 9.78 Å². The van der Waals surface area contributed by atoms with E-state index in [0.717, 1.165) is 10.0 Å². The van der Waals surface area contributed by atoms with Crippen LogP contribution in [0.15, 0.2) is 82.1 Å². The molecular weight excluding hydrogens is 508 g/mol.